The van der Waals surface area contributed by atoms with Gasteiger partial charge in [-0.2, -0.15) is 12.6 Å². The number of carbonyl (C=O) groups excluding carboxylic acids is 1. The maximum absolute atomic E-state index is 8.88. The van der Waals surface area contributed by atoms with Gasteiger partial charge in [0, 0.05) is 0 Å². The van der Waals surface area contributed by atoms with Gasteiger partial charge in [-0.05, 0) is 103 Å². The van der Waals surface area contributed by atoms with Crippen molar-refractivity contribution in [1.82, 2.24) is 0 Å². The van der Waals surface area contributed by atoms with Crippen molar-refractivity contribution >= 4 is 18.6 Å². The zero-order valence-electron chi connectivity index (χ0n) is 35.6. The molecular formula is C45H88OS. The molecule has 0 radical (unpaired) electrons. The summed E-state index contributed by atoms with van der Waals surface area (Å²) >= 11 is 4.28. The lowest BCUT2D eigenvalue weighted by molar-refractivity contribution is 0.489. The quantitative estimate of drug-likeness (QED) is 0.1000. The molecule has 2 rings (SSSR count). The molecular weight excluding hydrogens is 589 g/mol. The van der Waals surface area contributed by atoms with Crippen LogP contribution < -0.4 is 0 Å². The first kappa shape index (κ1) is 67.0. The lowest BCUT2D eigenvalue weighted by Crippen LogP contribution is -2.00. The Morgan fingerprint density at radius 2 is 1.09 bits per heavy atom. The maximum atomic E-state index is 8.88. The Hall–Kier alpha value is -2.24. The predicted octanol–water partition coefficient (Wildman–Crippen LogP) is 16.4. The van der Waals surface area contributed by atoms with E-state index < -0.39 is 0 Å². The highest BCUT2D eigenvalue weighted by Crippen LogP contribution is 2.40. The van der Waals surface area contributed by atoms with Gasteiger partial charge in [0.1, 0.15) is 0 Å². The van der Waals surface area contributed by atoms with Crippen molar-refractivity contribution in [3.63, 3.8) is 0 Å². The van der Waals surface area contributed by atoms with Gasteiger partial charge in [0.2, 0.25) is 0 Å². The molecule has 1 aliphatic carbocycles. The molecule has 1 aromatic rings. The van der Waals surface area contributed by atoms with E-state index in [2.05, 4.69) is 132 Å². The molecule has 0 aromatic heterocycles. The third-order valence-electron chi connectivity index (χ3n) is 4.93. The second-order valence-electron chi connectivity index (χ2n) is 9.64. The van der Waals surface area contributed by atoms with Crippen molar-refractivity contribution in [3.8, 4) is 0 Å². The standard InChI is InChI=1S/C10H16.C8H18S.C8H10.C3H2O.C3H8.C3H6.4C2H6.C2H4/c1-7(2)10(8(3)4)9-5-6-9;1-3-5-8(7-9)6-4-2;1-7-3-5-8(2)6-4-7;1-2-3-4;2*1-3-2;5*1-2/h9H,1,5-6H2,2-4H3;8-9H,3-7H2,1-2H3;3-6H,1-2H3;1H2;3H2,1-2H3;3H,1H2,2H3;4*1-2H3;1-2H2. The molecule has 1 saturated carbocycles. The van der Waals surface area contributed by atoms with E-state index in [-0.39, 0.29) is 0 Å². The second kappa shape index (κ2) is 70.2. The second-order valence-corrected chi connectivity index (χ2v) is 10.0. The van der Waals surface area contributed by atoms with Crippen molar-refractivity contribution < 1.29 is 4.79 Å². The van der Waals surface area contributed by atoms with Gasteiger partial charge < -0.3 is 0 Å². The zero-order valence-corrected chi connectivity index (χ0v) is 36.5. The molecule has 2 heteroatoms. The number of thiol groups is 1. The topological polar surface area (TPSA) is 17.1 Å². The first-order chi connectivity index (χ1) is 22.5. The molecule has 47 heavy (non-hydrogen) atoms. The summed E-state index contributed by atoms with van der Waals surface area (Å²) < 4.78 is 0. The van der Waals surface area contributed by atoms with Crippen LogP contribution in [0.3, 0.4) is 0 Å². The molecule has 0 atom stereocenters. The van der Waals surface area contributed by atoms with Gasteiger partial charge in [0.05, 0.1) is 0 Å². The minimum atomic E-state index is 0.863. The van der Waals surface area contributed by atoms with Crippen molar-refractivity contribution in [2.24, 2.45) is 11.8 Å². The SMILES string of the molecule is C=C.C=C(C)C(=C(C)C)C1CC1.C=C=C=O.C=CC.CC.CC.CC.CC.CCC.CCCC(CS)CCC.Cc1ccc(C)cc1. The largest absolute Gasteiger partial charge is 0.224 e. The van der Waals surface area contributed by atoms with E-state index in [1.165, 1.54) is 78.7 Å². The molecule has 1 nitrogen and oxygen atoms in total. The molecule has 0 aliphatic heterocycles. The summed E-state index contributed by atoms with van der Waals surface area (Å²) in [6.45, 7) is 53.6. The van der Waals surface area contributed by atoms with Gasteiger partial charge >= 0.3 is 0 Å². The van der Waals surface area contributed by atoms with Crippen LogP contribution in [0.15, 0.2) is 85.7 Å². The Labute approximate surface area is 306 Å². The van der Waals surface area contributed by atoms with Crippen LogP contribution in [0.5, 0.6) is 0 Å². The van der Waals surface area contributed by atoms with E-state index in [0.29, 0.717) is 0 Å². The number of rotatable bonds is 7. The molecule has 0 N–H and O–H groups in total. The molecule has 280 valence electrons. The van der Waals surface area contributed by atoms with Crippen LogP contribution in [0.25, 0.3) is 0 Å². The minimum Gasteiger partial charge on any atom is -0.224 e. The van der Waals surface area contributed by atoms with Crippen LogP contribution in [0.1, 0.15) is 167 Å². The fraction of sp³-hybridized carbons (Fsp3) is 0.622. The van der Waals surface area contributed by atoms with Gasteiger partial charge in [-0.3, -0.25) is 0 Å². The summed E-state index contributed by atoms with van der Waals surface area (Å²) in [7, 11) is 0. The van der Waals surface area contributed by atoms with Crippen molar-refractivity contribution in [2.75, 3.05) is 5.75 Å². The van der Waals surface area contributed by atoms with E-state index in [9.17, 15) is 0 Å². The lowest BCUT2D eigenvalue weighted by atomic mass is 10.00. The maximum Gasteiger partial charge on any atom is 0.176 e. The Morgan fingerprint density at radius 3 is 1.19 bits per heavy atom. The number of hydrogen-bond acceptors (Lipinski definition) is 2. The number of allylic oxidation sites excluding steroid dienone is 4. The number of hydrogen-bond donors (Lipinski definition) is 1. The molecule has 0 bridgehead atoms. The van der Waals surface area contributed by atoms with E-state index in [4.69, 9.17) is 4.79 Å². The average Bonchev–Trinajstić information content (AvgIpc) is 3.93. The van der Waals surface area contributed by atoms with E-state index in [1.54, 1.807) is 6.08 Å². The molecule has 1 aromatic carbocycles. The fourth-order valence-corrected chi connectivity index (χ4v) is 3.70. The van der Waals surface area contributed by atoms with Crippen molar-refractivity contribution in [1.29, 1.82) is 0 Å². The lowest BCUT2D eigenvalue weighted by Gasteiger charge is -2.10. The number of benzene rings is 1. The fourth-order valence-electron chi connectivity index (χ4n) is 3.34. The third kappa shape index (κ3) is 75.7. The van der Waals surface area contributed by atoms with Gasteiger partial charge in [0.15, 0.2) is 5.94 Å². The zero-order chi connectivity index (χ0) is 39.6. The molecule has 0 saturated heterocycles. The third-order valence-corrected chi connectivity index (χ3v) is 5.44. The average molecular weight is 677 g/mol. The highest BCUT2D eigenvalue weighted by Gasteiger charge is 2.26. The van der Waals surface area contributed by atoms with Crippen LogP contribution in [-0.4, -0.2) is 11.7 Å². The molecule has 0 heterocycles. The summed E-state index contributed by atoms with van der Waals surface area (Å²) in [4.78, 5) is 8.88. The van der Waals surface area contributed by atoms with Crippen molar-refractivity contribution in [2.45, 2.75) is 170 Å². The van der Waals surface area contributed by atoms with Gasteiger partial charge in [-0.25, -0.2) is 4.79 Å². The molecule has 0 unspecified atom stereocenters. The highest BCUT2D eigenvalue weighted by atomic mass is 32.1. The van der Waals surface area contributed by atoms with E-state index in [1.807, 2.05) is 68.0 Å². The smallest absolute Gasteiger partial charge is 0.176 e. The van der Waals surface area contributed by atoms with Crippen LogP contribution >= 0.6 is 12.6 Å². The highest BCUT2D eigenvalue weighted by molar-refractivity contribution is 7.80. The molecule has 1 aliphatic rings. The molecule has 0 amide bonds. The van der Waals surface area contributed by atoms with E-state index >= 15 is 0 Å². The summed E-state index contributed by atoms with van der Waals surface area (Å²) in [6, 6.07) is 8.48. The van der Waals surface area contributed by atoms with Crippen LogP contribution in [0.4, 0.5) is 0 Å². The van der Waals surface area contributed by atoms with Gasteiger partial charge in [0.25, 0.3) is 0 Å². The van der Waals surface area contributed by atoms with Gasteiger partial charge in [-0.1, -0.05) is 162 Å². The van der Waals surface area contributed by atoms with Crippen LogP contribution in [0.2, 0.25) is 0 Å². The molecule has 0 spiro atoms. The summed E-state index contributed by atoms with van der Waals surface area (Å²) in [5.74, 6) is 4.13. The minimum absolute atomic E-state index is 0.863. The monoisotopic (exact) mass is 677 g/mol. The first-order valence-electron chi connectivity index (χ1n) is 18.4. The molecule has 1 fully saturated rings. The first-order valence-corrected chi connectivity index (χ1v) is 19.1. The predicted molar refractivity (Wildman–Crippen MR) is 232 cm³/mol. The Kier molecular flexibility index (Phi) is 100. The van der Waals surface area contributed by atoms with Gasteiger partial charge in [-0.15, -0.1) is 19.7 Å². The summed E-state index contributed by atoms with van der Waals surface area (Å²) in [5.41, 5.74) is 8.78. The Bertz CT molecular complexity index is 730. The Morgan fingerprint density at radius 1 is 0.830 bits per heavy atom. The van der Waals surface area contributed by atoms with Crippen molar-refractivity contribution in [3.05, 3.63) is 96.8 Å². The summed E-state index contributed by atoms with van der Waals surface area (Å²) in [5, 5.41) is 0. The Balaban J connectivity index is -0.0000000520. The number of aryl methyl sites for hydroxylation is 2. The van der Waals surface area contributed by atoms with Crippen LogP contribution in [0, 0.1) is 25.7 Å². The van der Waals surface area contributed by atoms with E-state index in [0.717, 1.165) is 17.6 Å². The normalized spacial score (nSPS) is 8.68. The summed E-state index contributed by atoms with van der Waals surface area (Å²) in [6.07, 6.45) is 11.1. The van der Waals surface area contributed by atoms with Crippen LogP contribution in [-0.2, 0) is 4.79 Å².